The number of ether oxygens (including phenoxy) is 2. The van der Waals surface area contributed by atoms with Crippen molar-refractivity contribution >= 4 is 27.7 Å². The van der Waals surface area contributed by atoms with Gasteiger partial charge in [0.15, 0.2) is 5.76 Å². The minimum absolute atomic E-state index is 0.159. The summed E-state index contributed by atoms with van der Waals surface area (Å²) in [6.07, 6.45) is 0. The van der Waals surface area contributed by atoms with Crippen molar-refractivity contribution in [1.82, 2.24) is 4.90 Å². The molecule has 6 heteroatoms. The first-order valence-corrected chi connectivity index (χ1v) is 14.3. The standard InChI is InChI=1S/C36H31NO5/c1-24-29-22-30-32(42-36(27-10-6-3-7-11-27)33(30)25-8-4-2-5-9-25)23-31(29)41-35(24)34(38)26-12-14-28(15-13-26)40-21-18-37-16-19-39-20-17-37/h2-15,22-23H,16-21H2,1H3. The Kier molecular flexibility index (Phi) is 7.08. The predicted octanol–water partition coefficient (Wildman–Crippen LogP) is 7.76. The molecule has 6 aromatic rings. The normalized spacial score (nSPS) is 14.0. The molecule has 1 saturated heterocycles. The lowest BCUT2D eigenvalue weighted by Gasteiger charge is -2.26. The second kappa shape index (κ2) is 11.3. The third-order valence-corrected chi connectivity index (χ3v) is 7.95. The molecule has 4 aromatic carbocycles. The van der Waals surface area contributed by atoms with Crippen molar-refractivity contribution in [2.75, 3.05) is 39.5 Å². The molecule has 0 amide bonds. The molecule has 1 fully saturated rings. The topological polar surface area (TPSA) is 65.0 Å². The maximum absolute atomic E-state index is 13.6. The van der Waals surface area contributed by atoms with E-state index in [0.717, 1.165) is 77.4 Å². The number of carbonyl (C=O) groups is 1. The van der Waals surface area contributed by atoms with Gasteiger partial charge in [-0.25, -0.2) is 0 Å². The molecule has 0 aliphatic carbocycles. The Bertz CT molecular complexity index is 1850. The molecule has 2 aromatic heterocycles. The molecule has 0 N–H and O–H groups in total. The van der Waals surface area contributed by atoms with Crippen molar-refractivity contribution in [2.24, 2.45) is 0 Å². The quantitative estimate of drug-likeness (QED) is 0.178. The van der Waals surface area contributed by atoms with E-state index in [0.29, 0.717) is 29.1 Å². The molecule has 0 spiro atoms. The fraction of sp³-hybridized carbons (Fsp3) is 0.194. The highest BCUT2D eigenvalue weighted by atomic mass is 16.5. The fourth-order valence-corrected chi connectivity index (χ4v) is 5.66. The van der Waals surface area contributed by atoms with Gasteiger partial charge in [-0.05, 0) is 42.8 Å². The van der Waals surface area contributed by atoms with Gasteiger partial charge in [0.2, 0.25) is 5.78 Å². The molecule has 0 atom stereocenters. The van der Waals surface area contributed by atoms with Crippen LogP contribution in [0.3, 0.4) is 0 Å². The van der Waals surface area contributed by atoms with Crippen molar-refractivity contribution < 1.29 is 23.1 Å². The molecule has 210 valence electrons. The number of nitrogens with zero attached hydrogens (tertiary/aromatic N) is 1. The van der Waals surface area contributed by atoms with Crippen LogP contribution in [0.2, 0.25) is 0 Å². The molecular weight excluding hydrogens is 526 g/mol. The highest BCUT2D eigenvalue weighted by molar-refractivity contribution is 6.13. The van der Waals surface area contributed by atoms with Crippen molar-refractivity contribution in [1.29, 1.82) is 0 Å². The number of hydrogen-bond donors (Lipinski definition) is 0. The van der Waals surface area contributed by atoms with Crippen LogP contribution in [0.4, 0.5) is 0 Å². The molecule has 42 heavy (non-hydrogen) atoms. The molecule has 0 unspecified atom stereocenters. The maximum Gasteiger partial charge on any atom is 0.228 e. The Morgan fingerprint density at radius 2 is 1.45 bits per heavy atom. The summed E-state index contributed by atoms with van der Waals surface area (Å²) in [5.74, 6) is 1.73. The van der Waals surface area contributed by atoms with Crippen LogP contribution in [-0.2, 0) is 4.74 Å². The van der Waals surface area contributed by atoms with Crippen LogP contribution in [0.25, 0.3) is 44.4 Å². The highest BCUT2D eigenvalue weighted by Gasteiger charge is 2.23. The minimum atomic E-state index is -0.159. The van der Waals surface area contributed by atoms with E-state index < -0.39 is 0 Å². The van der Waals surface area contributed by atoms with Crippen LogP contribution in [0.5, 0.6) is 5.75 Å². The second-order valence-corrected chi connectivity index (χ2v) is 10.6. The average molecular weight is 558 g/mol. The molecule has 0 radical (unpaired) electrons. The molecule has 0 saturated carbocycles. The molecule has 6 nitrogen and oxygen atoms in total. The van der Waals surface area contributed by atoms with Gasteiger partial charge in [-0.3, -0.25) is 9.69 Å². The first-order valence-electron chi connectivity index (χ1n) is 14.3. The zero-order valence-electron chi connectivity index (χ0n) is 23.5. The highest BCUT2D eigenvalue weighted by Crippen LogP contribution is 2.43. The number of hydrogen-bond acceptors (Lipinski definition) is 6. The Balaban J connectivity index is 1.19. The van der Waals surface area contributed by atoms with Crippen LogP contribution in [0, 0.1) is 6.92 Å². The molecular formula is C36H31NO5. The van der Waals surface area contributed by atoms with Gasteiger partial charge in [-0.1, -0.05) is 60.7 Å². The summed E-state index contributed by atoms with van der Waals surface area (Å²) in [6, 6.07) is 31.6. The van der Waals surface area contributed by atoms with Gasteiger partial charge in [0, 0.05) is 58.7 Å². The number of morpholine rings is 1. The van der Waals surface area contributed by atoms with Gasteiger partial charge in [0.25, 0.3) is 0 Å². The summed E-state index contributed by atoms with van der Waals surface area (Å²) in [5.41, 5.74) is 5.80. The Morgan fingerprint density at radius 3 is 2.17 bits per heavy atom. The van der Waals surface area contributed by atoms with Crippen molar-refractivity contribution in [3.8, 4) is 28.2 Å². The van der Waals surface area contributed by atoms with Gasteiger partial charge in [0.05, 0.1) is 13.2 Å². The van der Waals surface area contributed by atoms with E-state index in [4.69, 9.17) is 18.3 Å². The summed E-state index contributed by atoms with van der Waals surface area (Å²) < 4.78 is 24.0. The fourth-order valence-electron chi connectivity index (χ4n) is 5.66. The molecule has 7 rings (SSSR count). The van der Waals surface area contributed by atoms with Gasteiger partial charge in [-0.15, -0.1) is 0 Å². The third-order valence-electron chi connectivity index (χ3n) is 7.95. The number of aryl methyl sites for hydroxylation is 1. The summed E-state index contributed by atoms with van der Waals surface area (Å²) in [5, 5.41) is 1.88. The van der Waals surface area contributed by atoms with E-state index in [1.54, 1.807) is 12.1 Å². The van der Waals surface area contributed by atoms with Crippen LogP contribution < -0.4 is 4.74 Å². The van der Waals surface area contributed by atoms with Crippen LogP contribution >= 0.6 is 0 Å². The average Bonchev–Trinajstić information content (AvgIpc) is 3.58. The summed E-state index contributed by atoms with van der Waals surface area (Å²) in [4.78, 5) is 15.9. The number of ketones is 1. The van der Waals surface area contributed by atoms with Crippen molar-refractivity contribution in [3.05, 3.63) is 114 Å². The van der Waals surface area contributed by atoms with E-state index >= 15 is 0 Å². The van der Waals surface area contributed by atoms with Gasteiger partial charge >= 0.3 is 0 Å². The van der Waals surface area contributed by atoms with Crippen LogP contribution in [0.1, 0.15) is 21.7 Å². The molecule has 1 aliphatic rings. The number of benzene rings is 4. The minimum Gasteiger partial charge on any atom is -0.492 e. The van der Waals surface area contributed by atoms with Gasteiger partial charge in [-0.2, -0.15) is 0 Å². The number of furan rings is 2. The summed E-state index contributed by atoms with van der Waals surface area (Å²) in [7, 11) is 0. The van der Waals surface area contributed by atoms with Crippen LogP contribution in [-0.4, -0.2) is 50.1 Å². The lowest BCUT2D eigenvalue weighted by atomic mass is 9.97. The lowest BCUT2D eigenvalue weighted by molar-refractivity contribution is 0.0322. The van der Waals surface area contributed by atoms with E-state index in [1.165, 1.54) is 0 Å². The Hall–Kier alpha value is -4.65. The second-order valence-electron chi connectivity index (χ2n) is 10.6. The van der Waals surface area contributed by atoms with Gasteiger partial charge < -0.3 is 18.3 Å². The summed E-state index contributed by atoms with van der Waals surface area (Å²) >= 11 is 0. The van der Waals surface area contributed by atoms with Gasteiger partial charge in [0.1, 0.15) is 29.3 Å². The van der Waals surface area contributed by atoms with E-state index in [1.807, 2.05) is 61.5 Å². The largest absolute Gasteiger partial charge is 0.492 e. The van der Waals surface area contributed by atoms with E-state index in [2.05, 4.69) is 35.2 Å². The SMILES string of the molecule is Cc1c(C(=O)c2ccc(OCCN3CCOCC3)cc2)oc2cc3oc(-c4ccccc4)c(-c4ccccc4)c3cc12. The van der Waals surface area contributed by atoms with E-state index in [-0.39, 0.29) is 5.78 Å². The first kappa shape index (κ1) is 26.3. The molecule has 0 bridgehead atoms. The maximum atomic E-state index is 13.6. The smallest absolute Gasteiger partial charge is 0.228 e. The van der Waals surface area contributed by atoms with Crippen LogP contribution in [0.15, 0.2) is 106 Å². The number of fused-ring (bicyclic) bond motifs is 2. The third kappa shape index (κ3) is 5.00. The Morgan fingerprint density at radius 1 is 0.786 bits per heavy atom. The zero-order chi connectivity index (χ0) is 28.5. The van der Waals surface area contributed by atoms with Crippen molar-refractivity contribution in [2.45, 2.75) is 6.92 Å². The monoisotopic (exact) mass is 557 g/mol. The summed E-state index contributed by atoms with van der Waals surface area (Å²) in [6.45, 7) is 6.79. The molecule has 3 heterocycles. The predicted molar refractivity (Wildman–Crippen MR) is 164 cm³/mol. The number of rotatable bonds is 8. The van der Waals surface area contributed by atoms with Crippen molar-refractivity contribution in [3.63, 3.8) is 0 Å². The van der Waals surface area contributed by atoms with E-state index in [9.17, 15) is 4.79 Å². The zero-order valence-corrected chi connectivity index (χ0v) is 23.5. The Labute approximate surface area is 244 Å². The molecule has 1 aliphatic heterocycles. The number of carbonyl (C=O) groups excluding carboxylic acids is 1. The lowest BCUT2D eigenvalue weighted by Crippen LogP contribution is -2.38. The first-order chi connectivity index (χ1) is 20.7.